The molecule has 3 heterocycles. The minimum Gasteiger partial charge on any atom is -0.488 e. The van der Waals surface area contributed by atoms with Gasteiger partial charge in [0.25, 0.3) is 5.56 Å². The Labute approximate surface area is 192 Å². The van der Waals surface area contributed by atoms with Crippen LogP contribution >= 0.6 is 11.3 Å². The van der Waals surface area contributed by atoms with Crippen LogP contribution in [0.1, 0.15) is 27.3 Å². The fraction of sp³-hybridized carbons (Fsp3) is 0.167. The summed E-state index contributed by atoms with van der Waals surface area (Å²) < 4.78 is 15.3. The first-order valence-electron chi connectivity index (χ1n) is 10.3. The first-order chi connectivity index (χ1) is 16.0. The van der Waals surface area contributed by atoms with E-state index in [-0.39, 0.29) is 12.2 Å². The van der Waals surface area contributed by atoms with Crippen LogP contribution in [0.2, 0.25) is 0 Å². The summed E-state index contributed by atoms with van der Waals surface area (Å²) in [7, 11) is 1.64. The molecule has 0 aliphatic heterocycles. The number of carbonyl (C=O) groups excluding carboxylic acids is 1. The van der Waals surface area contributed by atoms with Gasteiger partial charge in [0, 0.05) is 7.05 Å². The Bertz CT molecular complexity index is 1550. The quantitative estimate of drug-likeness (QED) is 0.357. The summed E-state index contributed by atoms with van der Waals surface area (Å²) in [4.78, 5) is 25.4. The third kappa shape index (κ3) is 3.76. The van der Waals surface area contributed by atoms with Crippen molar-refractivity contribution in [3.05, 3.63) is 92.8 Å². The molecule has 0 amide bonds. The van der Waals surface area contributed by atoms with E-state index in [4.69, 9.17) is 9.47 Å². The maximum atomic E-state index is 12.9. The van der Waals surface area contributed by atoms with Gasteiger partial charge in [-0.15, -0.1) is 21.5 Å². The third-order valence-corrected chi connectivity index (χ3v) is 6.37. The molecule has 0 fully saturated rings. The average molecular weight is 461 g/mol. The predicted molar refractivity (Wildman–Crippen MR) is 125 cm³/mol. The van der Waals surface area contributed by atoms with Crippen LogP contribution in [0, 0.1) is 6.92 Å². The topological polar surface area (TPSA) is 87.7 Å². The van der Waals surface area contributed by atoms with E-state index < -0.39 is 5.97 Å². The van der Waals surface area contributed by atoms with Crippen LogP contribution in [0.25, 0.3) is 16.0 Å². The zero-order chi connectivity index (χ0) is 22.9. The molecule has 0 unspecified atom stereocenters. The number of hydrogen-bond donors (Lipinski definition) is 0. The molecule has 33 heavy (non-hydrogen) atoms. The summed E-state index contributed by atoms with van der Waals surface area (Å²) in [6.07, 6.45) is 0. The summed E-state index contributed by atoms with van der Waals surface area (Å²) >= 11 is 1.35. The lowest BCUT2D eigenvalue weighted by atomic mass is 10.1. The monoisotopic (exact) mass is 460 g/mol. The van der Waals surface area contributed by atoms with Crippen LogP contribution in [0.4, 0.5) is 0 Å². The van der Waals surface area contributed by atoms with Gasteiger partial charge in [0.15, 0.2) is 12.4 Å². The predicted octanol–water partition coefficient (Wildman–Crippen LogP) is 3.89. The summed E-state index contributed by atoms with van der Waals surface area (Å²) in [5.74, 6) is 0.729. The Kier molecular flexibility index (Phi) is 5.39. The Morgan fingerprint density at radius 1 is 1.03 bits per heavy atom. The number of esters is 1. The largest absolute Gasteiger partial charge is 0.488 e. The van der Waals surface area contributed by atoms with Crippen LogP contribution in [0.15, 0.2) is 64.8 Å². The van der Waals surface area contributed by atoms with Gasteiger partial charge in [-0.3, -0.25) is 13.8 Å². The number of hydrogen-bond acceptors (Lipinski definition) is 7. The molecule has 0 spiro atoms. The summed E-state index contributed by atoms with van der Waals surface area (Å²) in [5, 5.41) is 10.1. The average Bonchev–Trinajstić information content (AvgIpc) is 3.48. The van der Waals surface area contributed by atoms with Gasteiger partial charge in [-0.1, -0.05) is 36.4 Å². The van der Waals surface area contributed by atoms with Crippen molar-refractivity contribution >= 4 is 33.3 Å². The van der Waals surface area contributed by atoms with E-state index in [1.165, 1.54) is 15.9 Å². The second kappa shape index (κ2) is 8.51. The highest BCUT2D eigenvalue weighted by molar-refractivity contribution is 7.17. The molecular weight excluding hydrogens is 440 g/mol. The van der Waals surface area contributed by atoms with Gasteiger partial charge in [-0.25, -0.2) is 4.79 Å². The van der Waals surface area contributed by atoms with Gasteiger partial charge in [0.2, 0.25) is 5.78 Å². The zero-order valence-electron chi connectivity index (χ0n) is 18.0. The summed E-state index contributed by atoms with van der Waals surface area (Å²) in [5.41, 5.74) is 3.04. The molecule has 0 saturated carbocycles. The van der Waals surface area contributed by atoms with Gasteiger partial charge in [0.05, 0.1) is 5.52 Å². The Morgan fingerprint density at radius 2 is 1.82 bits per heavy atom. The molecule has 9 heteroatoms. The van der Waals surface area contributed by atoms with Crippen molar-refractivity contribution in [3.8, 4) is 5.75 Å². The maximum absolute atomic E-state index is 12.9. The molecule has 3 aromatic heterocycles. The minimum absolute atomic E-state index is 0.102. The molecule has 166 valence electrons. The first kappa shape index (κ1) is 20.9. The molecule has 0 saturated heterocycles. The maximum Gasteiger partial charge on any atom is 0.342 e. The lowest BCUT2D eigenvalue weighted by Gasteiger charge is -2.12. The molecule has 0 aliphatic rings. The Morgan fingerprint density at radius 3 is 2.67 bits per heavy atom. The van der Waals surface area contributed by atoms with Crippen LogP contribution in [-0.2, 0) is 25.0 Å². The highest BCUT2D eigenvalue weighted by atomic mass is 32.1. The van der Waals surface area contributed by atoms with Crippen LogP contribution in [0.5, 0.6) is 5.75 Å². The van der Waals surface area contributed by atoms with Gasteiger partial charge in [0.1, 0.15) is 22.6 Å². The van der Waals surface area contributed by atoms with E-state index in [1.54, 1.807) is 29.6 Å². The van der Waals surface area contributed by atoms with Crippen LogP contribution in [-0.4, -0.2) is 25.1 Å². The molecule has 5 rings (SSSR count). The Hall–Kier alpha value is -3.98. The lowest BCUT2D eigenvalue weighted by Crippen LogP contribution is -2.19. The van der Waals surface area contributed by atoms with Crippen molar-refractivity contribution in [1.82, 2.24) is 19.2 Å². The van der Waals surface area contributed by atoms with Crippen molar-refractivity contribution < 1.29 is 14.3 Å². The third-order valence-electron chi connectivity index (χ3n) is 5.48. The molecule has 8 nitrogen and oxygen atoms in total. The molecule has 5 aromatic rings. The van der Waals surface area contributed by atoms with Crippen molar-refractivity contribution in [3.63, 3.8) is 0 Å². The SMILES string of the molecule is Cc1ccccc1COc1ccccc1C(=O)OCc1nnc2n(C)c(=O)c3sccc3n12. The second-order valence-electron chi connectivity index (χ2n) is 7.54. The van der Waals surface area contributed by atoms with E-state index >= 15 is 0 Å². The van der Waals surface area contributed by atoms with E-state index in [2.05, 4.69) is 10.2 Å². The van der Waals surface area contributed by atoms with E-state index in [0.717, 1.165) is 11.1 Å². The molecule has 0 bridgehead atoms. The zero-order valence-corrected chi connectivity index (χ0v) is 18.8. The number of thiophene rings is 1. The van der Waals surface area contributed by atoms with Crippen molar-refractivity contribution in [1.29, 1.82) is 0 Å². The highest BCUT2D eigenvalue weighted by Crippen LogP contribution is 2.23. The van der Waals surface area contributed by atoms with Gasteiger partial charge >= 0.3 is 5.97 Å². The van der Waals surface area contributed by atoms with Crippen LogP contribution < -0.4 is 10.3 Å². The number of para-hydroxylation sites is 1. The van der Waals surface area contributed by atoms with Crippen molar-refractivity contribution in [2.45, 2.75) is 20.1 Å². The minimum atomic E-state index is -0.529. The van der Waals surface area contributed by atoms with E-state index in [0.29, 0.717) is 39.7 Å². The first-order valence-corrected chi connectivity index (χ1v) is 11.2. The van der Waals surface area contributed by atoms with Crippen molar-refractivity contribution in [2.75, 3.05) is 0 Å². The number of rotatable bonds is 6. The normalized spacial score (nSPS) is 11.2. The lowest BCUT2D eigenvalue weighted by molar-refractivity contribution is 0.0456. The van der Waals surface area contributed by atoms with Crippen molar-refractivity contribution in [2.24, 2.45) is 7.05 Å². The molecule has 0 aliphatic carbocycles. The van der Waals surface area contributed by atoms with Gasteiger partial charge < -0.3 is 9.47 Å². The van der Waals surface area contributed by atoms with Gasteiger partial charge in [-0.2, -0.15) is 0 Å². The summed E-state index contributed by atoms with van der Waals surface area (Å²) in [6.45, 7) is 2.26. The molecule has 0 atom stereocenters. The van der Waals surface area contributed by atoms with Gasteiger partial charge in [-0.05, 0) is 41.6 Å². The summed E-state index contributed by atoms with van der Waals surface area (Å²) in [6, 6.07) is 16.7. The fourth-order valence-electron chi connectivity index (χ4n) is 3.64. The smallest absolute Gasteiger partial charge is 0.342 e. The number of nitrogens with zero attached hydrogens (tertiary/aromatic N) is 4. The Balaban J connectivity index is 1.38. The number of benzene rings is 2. The second-order valence-corrected chi connectivity index (χ2v) is 8.45. The number of ether oxygens (including phenoxy) is 2. The molecule has 2 aromatic carbocycles. The fourth-order valence-corrected chi connectivity index (χ4v) is 4.49. The number of carbonyl (C=O) groups is 1. The highest BCUT2D eigenvalue weighted by Gasteiger charge is 2.19. The number of fused-ring (bicyclic) bond motifs is 3. The van der Waals surface area contributed by atoms with Crippen LogP contribution in [0.3, 0.4) is 0 Å². The number of aromatic nitrogens is 4. The molecular formula is C24H20N4O4S. The molecule has 0 radical (unpaired) electrons. The van der Waals surface area contributed by atoms with E-state index in [1.807, 2.05) is 48.7 Å². The standard InChI is InChI=1S/C24H20N4O4S/c1-15-7-3-4-8-16(15)13-31-19-10-6-5-9-17(19)23(30)32-14-20-25-26-24-27(2)22(29)21-18(28(20)24)11-12-33-21/h3-12H,13-14H2,1-2H3. The molecule has 0 N–H and O–H groups in total. The number of aryl methyl sites for hydroxylation is 2. The van der Waals surface area contributed by atoms with E-state index in [9.17, 15) is 9.59 Å².